The predicted octanol–water partition coefficient (Wildman–Crippen LogP) is 5.74. The van der Waals surface area contributed by atoms with E-state index in [2.05, 4.69) is 15.9 Å². The third-order valence-corrected chi connectivity index (χ3v) is 4.96. The van der Waals surface area contributed by atoms with Crippen LogP contribution in [0.25, 0.3) is 10.1 Å². The summed E-state index contributed by atoms with van der Waals surface area (Å²) in [6.07, 6.45) is 0.326. The maximum atomic E-state index is 12.5. The first-order valence-corrected chi connectivity index (χ1v) is 8.13. The minimum atomic E-state index is 0.103. The van der Waals surface area contributed by atoms with Crippen molar-refractivity contribution in [1.29, 1.82) is 0 Å². The number of carbonyl (C=O) groups is 1. The molecular formula is C16H10BrClOS. The number of rotatable bonds is 3. The molecule has 0 amide bonds. The highest BCUT2D eigenvalue weighted by Crippen LogP contribution is 2.28. The molecule has 3 aromatic rings. The van der Waals surface area contributed by atoms with Crippen LogP contribution in [0.5, 0.6) is 0 Å². The highest BCUT2D eigenvalue weighted by atomic mass is 79.9. The Kier molecular flexibility index (Phi) is 3.92. The fourth-order valence-electron chi connectivity index (χ4n) is 2.13. The van der Waals surface area contributed by atoms with Crippen LogP contribution in [-0.2, 0) is 6.42 Å². The Balaban J connectivity index is 1.93. The average Bonchev–Trinajstić information content (AvgIpc) is 2.86. The van der Waals surface area contributed by atoms with Gasteiger partial charge in [0, 0.05) is 36.9 Å². The summed E-state index contributed by atoms with van der Waals surface area (Å²) in [4.78, 5) is 12.5. The maximum Gasteiger partial charge on any atom is 0.168 e. The van der Waals surface area contributed by atoms with E-state index in [-0.39, 0.29) is 5.78 Å². The van der Waals surface area contributed by atoms with Crippen molar-refractivity contribution in [3.8, 4) is 0 Å². The maximum absolute atomic E-state index is 12.5. The molecule has 3 rings (SSSR count). The molecule has 0 atom stereocenters. The second-order valence-corrected chi connectivity index (χ2v) is 6.72. The molecule has 0 N–H and O–H groups in total. The van der Waals surface area contributed by atoms with Gasteiger partial charge < -0.3 is 0 Å². The lowest BCUT2D eigenvalue weighted by molar-refractivity contribution is 0.0995. The lowest BCUT2D eigenvalue weighted by Gasteiger charge is -2.04. The molecule has 0 aliphatic heterocycles. The van der Waals surface area contributed by atoms with Crippen molar-refractivity contribution in [2.75, 3.05) is 0 Å². The topological polar surface area (TPSA) is 17.1 Å². The summed E-state index contributed by atoms with van der Waals surface area (Å²) >= 11 is 11.1. The van der Waals surface area contributed by atoms with Gasteiger partial charge in [0.05, 0.1) is 0 Å². The molecule has 1 heterocycles. The van der Waals surface area contributed by atoms with E-state index >= 15 is 0 Å². The summed E-state index contributed by atoms with van der Waals surface area (Å²) < 4.78 is 2.05. The Morgan fingerprint density at radius 3 is 2.80 bits per heavy atom. The minimum Gasteiger partial charge on any atom is -0.294 e. The molecule has 4 heteroatoms. The van der Waals surface area contributed by atoms with Crippen LogP contribution >= 0.6 is 38.9 Å². The van der Waals surface area contributed by atoms with E-state index in [9.17, 15) is 4.79 Å². The van der Waals surface area contributed by atoms with Gasteiger partial charge in [-0.05, 0) is 23.8 Å². The lowest BCUT2D eigenvalue weighted by Crippen LogP contribution is -2.03. The molecule has 20 heavy (non-hydrogen) atoms. The van der Waals surface area contributed by atoms with Gasteiger partial charge in [0.25, 0.3) is 0 Å². The Morgan fingerprint density at radius 1 is 1.20 bits per heavy atom. The first-order chi connectivity index (χ1) is 9.65. The van der Waals surface area contributed by atoms with Crippen LogP contribution in [0.3, 0.4) is 0 Å². The van der Waals surface area contributed by atoms with Gasteiger partial charge in [-0.3, -0.25) is 4.79 Å². The molecular weight excluding hydrogens is 356 g/mol. The smallest absolute Gasteiger partial charge is 0.168 e. The number of Topliss-reactive ketones (excluding diaryl/α,β-unsaturated/α-hetero) is 1. The molecule has 0 bridgehead atoms. The Bertz CT molecular complexity index is 794. The molecule has 0 saturated heterocycles. The van der Waals surface area contributed by atoms with Gasteiger partial charge in [-0.2, -0.15) is 0 Å². The molecule has 0 aliphatic rings. The normalized spacial score (nSPS) is 10.9. The van der Waals surface area contributed by atoms with Gasteiger partial charge in [0.15, 0.2) is 5.78 Å². The first-order valence-electron chi connectivity index (χ1n) is 6.08. The molecule has 0 spiro atoms. The van der Waals surface area contributed by atoms with Crippen molar-refractivity contribution in [1.82, 2.24) is 0 Å². The van der Waals surface area contributed by atoms with Crippen LogP contribution in [-0.4, -0.2) is 5.78 Å². The molecule has 0 radical (unpaired) electrons. The number of carbonyl (C=O) groups excluding carboxylic acids is 1. The molecule has 0 unspecified atom stereocenters. The number of halogens is 2. The van der Waals surface area contributed by atoms with Crippen LogP contribution in [0, 0.1) is 0 Å². The fraction of sp³-hybridized carbons (Fsp3) is 0.0625. The Hall–Kier alpha value is -1.16. The molecule has 2 aromatic carbocycles. The summed E-state index contributed by atoms with van der Waals surface area (Å²) in [5.74, 6) is 0.103. The van der Waals surface area contributed by atoms with Crippen LogP contribution in [0.1, 0.15) is 15.9 Å². The summed E-state index contributed by atoms with van der Waals surface area (Å²) in [7, 11) is 0. The third kappa shape index (κ3) is 2.66. The number of ketones is 1. The van der Waals surface area contributed by atoms with E-state index in [4.69, 9.17) is 11.6 Å². The SMILES string of the molecule is O=C(Cc1ccc(Br)cc1Cl)c1csc2ccccc12. The van der Waals surface area contributed by atoms with E-state index in [1.807, 2.05) is 47.8 Å². The van der Waals surface area contributed by atoms with Crippen molar-refractivity contribution in [3.63, 3.8) is 0 Å². The molecule has 0 fully saturated rings. The van der Waals surface area contributed by atoms with Gasteiger partial charge in [-0.15, -0.1) is 11.3 Å². The van der Waals surface area contributed by atoms with Crippen molar-refractivity contribution in [2.45, 2.75) is 6.42 Å². The van der Waals surface area contributed by atoms with E-state index in [0.717, 1.165) is 25.7 Å². The van der Waals surface area contributed by atoms with Crippen molar-refractivity contribution in [3.05, 3.63) is 68.5 Å². The fourth-order valence-corrected chi connectivity index (χ4v) is 3.83. The Morgan fingerprint density at radius 2 is 2.00 bits per heavy atom. The highest BCUT2D eigenvalue weighted by molar-refractivity contribution is 9.10. The second-order valence-electron chi connectivity index (χ2n) is 4.48. The van der Waals surface area contributed by atoms with E-state index in [1.165, 1.54) is 0 Å². The lowest BCUT2D eigenvalue weighted by atomic mass is 10.0. The van der Waals surface area contributed by atoms with Gasteiger partial charge in [-0.1, -0.05) is 51.8 Å². The van der Waals surface area contributed by atoms with Gasteiger partial charge >= 0.3 is 0 Å². The zero-order chi connectivity index (χ0) is 14.1. The molecule has 0 aliphatic carbocycles. The van der Waals surface area contributed by atoms with E-state index < -0.39 is 0 Å². The minimum absolute atomic E-state index is 0.103. The number of hydrogen-bond donors (Lipinski definition) is 0. The van der Waals surface area contributed by atoms with Gasteiger partial charge in [-0.25, -0.2) is 0 Å². The van der Waals surface area contributed by atoms with Crippen molar-refractivity contribution < 1.29 is 4.79 Å². The summed E-state index contributed by atoms with van der Waals surface area (Å²) in [5, 5.41) is 3.57. The van der Waals surface area contributed by atoms with E-state index in [0.29, 0.717) is 11.4 Å². The zero-order valence-electron chi connectivity index (χ0n) is 10.4. The van der Waals surface area contributed by atoms with E-state index in [1.54, 1.807) is 11.3 Å². The molecule has 1 aromatic heterocycles. The van der Waals surface area contributed by atoms with Gasteiger partial charge in [0.1, 0.15) is 0 Å². The average molecular weight is 366 g/mol. The first kappa shape index (κ1) is 13.8. The van der Waals surface area contributed by atoms with Crippen LogP contribution in [0.4, 0.5) is 0 Å². The van der Waals surface area contributed by atoms with Crippen LogP contribution < -0.4 is 0 Å². The molecule has 1 nitrogen and oxygen atoms in total. The number of hydrogen-bond acceptors (Lipinski definition) is 2. The Labute approximate surface area is 134 Å². The van der Waals surface area contributed by atoms with Crippen molar-refractivity contribution >= 4 is 54.7 Å². The van der Waals surface area contributed by atoms with Gasteiger partial charge in [0.2, 0.25) is 0 Å². The third-order valence-electron chi connectivity index (χ3n) is 3.15. The molecule has 0 saturated carbocycles. The standard InChI is InChI=1S/C16H10BrClOS/c17-11-6-5-10(14(18)8-11)7-15(19)13-9-20-16-4-2-1-3-12(13)16/h1-6,8-9H,7H2. The predicted molar refractivity (Wildman–Crippen MR) is 89.0 cm³/mol. The van der Waals surface area contributed by atoms with Crippen LogP contribution in [0.2, 0.25) is 5.02 Å². The monoisotopic (exact) mass is 364 g/mol. The van der Waals surface area contributed by atoms with Crippen molar-refractivity contribution in [2.24, 2.45) is 0 Å². The summed E-state index contributed by atoms with van der Waals surface area (Å²) in [5.41, 5.74) is 1.64. The number of thiophene rings is 1. The largest absolute Gasteiger partial charge is 0.294 e. The van der Waals surface area contributed by atoms with Crippen LogP contribution in [0.15, 0.2) is 52.3 Å². The quantitative estimate of drug-likeness (QED) is 0.541. The second kappa shape index (κ2) is 5.68. The molecule has 100 valence electrons. The number of fused-ring (bicyclic) bond motifs is 1. The number of benzene rings is 2. The summed E-state index contributed by atoms with van der Waals surface area (Å²) in [6.45, 7) is 0. The zero-order valence-corrected chi connectivity index (χ0v) is 13.6. The summed E-state index contributed by atoms with van der Waals surface area (Å²) in [6, 6.07) is 13.6. The highest BCUT2D eigenvalue weighted by Gasteiger charge is 2.14.